The number of nitrogens with two attached hydrogens (primary N) is 1. The fraction of sp³-hybridized carbons (Fsp3) is 0.200. The van der Waals surface area contributed by atoms with Crippen LogP contribution in [0.15, 0.2) is 60.8 Å². The zero-order chi connectivity index (χ0) is 26.2. The molecule has 1 saturated heterocycles. The van der Waals surface area contributed by atoms with Crippen LogP contribution in [0.3, 0.4) is 0 Å². The summed E-state index contributed by atoms with van der Waals surface area (Å²) in [6.07, 6.45) is 2.04. The number of carbonyl (C=O) groups is 3. The highest BCUT2D eigenvalue weighted by atomic mass is 35.5. The van der Waals surface area contributed by atoms with Gasteiger partial charge in [0.15, 0.2) is 5.69 Å². The largest absolute Gasteiger partial charge is 0.489 e. The lowest BCUT2D eigenvalue weighted by molar-refractivity contribution is 0.0631. The molecule has 5 N–H and O–H groups in total. The van der Waals surface area contributed by atoms with Gasteiger partial charge in [0.2, 0.25) is 0 Å². The number of benzene rings is 2. The Bertz CT molecular complexity index is 1280. The highest BCUT2D eigenvalue weighted by Crippen LogP contribution is 2.30. The van der Waals surface area contributed by atoms with E-state index in [2.05, 4.69) is 25.7 Å². The van der Waals surface area contributed by atoms with E-state index in [9.17, 15) is 14.4 Å². The van der Waals surface area contributed by atoms with Crippen LogP contribution >= 0.6 is 11.6 Å². The number of aromatic nitrogens is 1. The molecule has 37 heavy (non-hydrogen) atoms. The molecule has 0 saturated carbocycles. The molecule has 1 aliphatic heterocycles. The van der Waals surface area contributed by atoms with Crippen LogP contribution < -0.4 is 31.2 Å². The standard InChI is InChI=1S/C25H24ClN5O6/c26-20-13-16(3-6-22(20)36-18-7-10-28-11-8-18)31-25(34)30-15-1-4-17(5-2-15)35-19-9-12-29-21(14-19)23(32)37-24(27)33/h1-6,9,12-14,18,28H,7-8,10-11H2,(H2,27,33)(H2,30,31,34). The van der Waals surface area contributed by atoms with Crippen molar-refractivity contribution in [1.82, 2.24) is 10.3 Å². The number of hydrogen-bond donors (Lipinski definition) is 4. The summed E-state index contributed by atoms with van der Waals surface area (Å²) in [5, 5.41) is 9.16. The molecule has 2 aromatic carbocycles. The molecule has 1 fully saturated rings. The minimum atomic E-state index is -1.23. The maximum absolute atomic E-state index is 12.4. The Morgan fingerprint density at radius 1 is 0.946 bits per heavy atom. The van der Waals surface area contributed by atoms with Crippen molar-refractivity contribution in [3.63, 3.8) is 0 Å². The van der Waals surface area contributed by atoms with Crippen LogP contribution in [0.25, 0.3) is 0 Å². The first-order valence-corrected chi connectivity index (χ1v) is 11.7. The Labute approximate surface area is 217 Å². The zero-order valence-electron chi connectivity index (χ0n) is 19.5. The summed E-state index contributed by atoms with van der Waals surface area (Å²) in [6.45, 7) is 1.82. The van der Waals surface area contributed by atoms with Crippen LogP contribution in [0.2, 0.25) is 5.02 Å². The van der Waals surface area contributed by atoms with Crippen LogP contribution in [-0.2, 0) is 4.74 Å². The maximum atomic E-state index is 12.4. The third kappa shape index (κ3) is 7.56. The first kappa shape index (κ1) is 25.7. The Morgan fingerprint density at radius 2 is 1.65 bits per heavy atom. The van der Waals surface area contributed by atoms with Crippen LogP contribution in [0, 0.1) is 0 Å². The monoisotopic (exact) mass is 525 g/mol. The van der Waals surface area contributed by atoms with E-state index in [0.717, 1.165) is 25.9 Å². The normalized spacial score (nSPS) is 13.3. The lowest BCUT2D eigenvalue weighted by atomic mass is 10.1. The molecule has 0 bridgehead atoms. The molecule has 4 rings (SSSR count). The number of primary amides is 1. The lowest BCUT2D eigenvalue weighted by Gasteiger charge is -2.24. The van der Waals surface area contributed by atoms with Crippen molar-refractivity contribution in [2.75, 3.05) is 23.7 Å². The summed E-state index contributed by atoms with van der Waals surface area (Å²) in [7, 11) is 0. The number of amides is 3. The highest BCUT2D eigenvalue weighted by Gasteiger charge is 2.16. The van der Waals surface area contributed by atoms with Crippen molar-refractivity contribution >= 4 is 41.1 Å². The third-order valence-electron chi connectivity index (χ3n) is 5.25. The van der Waals surface area contributed by atoms with Crippen LogP contribution in [0.1, 0.15) is 23.3 Å². The lowest BCUT2D eigenvalue weighted by Crippen LogP contribution is -2.34. The van der Waals surface area contributed by atoms with E-state index in [-0.39, 0.29) is 17.5 Å². The third-order valence-corrected chi connectivity index (χ3v) is 5.55. The van der Waals surface area contributed by atoms with Gasteiger partial charge in [-0.3, -0.25) is 0 Å². The second kappa shape index (κ2) is 12.1. The Hall–Kier alpha value is -4.35. The highest BCUT2D eigenvalue weighted by molar-refractivity contribution is 6.32. The summed E-state index contributed by atoms with van der Waals surface area (Å²) in [6, 6.07) is 14.0. The van der Waals surface area contributed by atoms with Gasteiger partial charge in [0, 0.05) is 23.6 Å². The van der Waals surface area contributed by atoms with E-state index >= 15 is 0 Å². The molecule has 1 aliphatic rings. The molecule has 0 aliphatic carbocycles. The van der Waals surface area contributed by atoms with Gasteiger partial charge in [0.25, 0.3) is 0 Å². The Kier molecular flexibility index (Phi) is 8.39. The minimum Gasteiger partial charge on any atom is -0.489 e. The summed E-state index contributed by atoms with van der Waals surface area (Å²) in [5.74, 6) is 0.312. The molecule has 3 aromatic rings. The van der Waals surface area contributed by atoms with Gasteiger partial charge < -0.3 is 35.9 Å². The van der Waals surface area contributed by atoms with Crippen molar-refractivity contribution in [3.8, 4) is 17.2 Å². The number of nitrogens with zero attached hydrogens (tertiary/aromatic N) is 1. The smallest absolute Gasteiger partial charge is 0.412 e. The molecule has 12 heteroatoms. The minimum absolute atomic E-state index is 0.117. The number of halogens is 1. The van der Waals surface area contributed by atoms with Gasteiger partial charge in [-0.25, -0.2) is 19.4 Å². The van der Waals surface area contributed by atoms with Crippen LogP contribution in [0.5, 0.6) is 17.2 Å². The predicted molar refractivity (Wildman–Crippen MR) is 136 cm³/mol. The average molecular weight is 526 g/mol. The number of esters is 1. The topological polar surface area (TPSA) is 154 Å². The van der Waals surface area contributed by atoms with E-state index in [1.54, 1.807) is 42.5 Å². The first-order valence-electron chi connectivity index (χ1n) is 11.4. The summed E-state index contributed by atoms with van der Waals surface area (Å²) >= 11 is 6.35. The van der Waals surface area contributed by atoms with Gasteiger partial charge in [0.05, 0.1) is 5.02 Å². The van der Waals surface area contributed by atoms with E-state index in [1.807, 2.05) is 0 Å². The number of piperidine rings is 1. The van der Waals surface area contributed by atoms with Gasteiger partial charge >= 0.3 is 18.1 Å². The molecule has 2 heterocycles. The second-order valence-electron chi connectivity index (χ2n) is 8.00. The van der Waals surface area contributed by atoms with Gasteiger partial charge in [-0.15, -0.1) is 0 Å². The van der Waals surface area contributed by atoms with Crippen molar-refractivity contribution in [2.24, 2.45) is 5.73 Å². The maximum Gasteiger partial charge on any atom is 0.412 e. The molecule has 0 spiro atoms. The van der Waals surface area contributed by atoms with Gasteiger partial charge in [0.1, 0.15) is 23.4 Å². The van der Waals surface area contributed by atoms with E-state index < -0.39 is 18.1 Å². The SMILES string of the molecule is NC(=O)OC(=O)c1cc(Oc2ccc(NC(=O)Nc3ccc(OC4CCNCC4)c(Cl)c3)cc2)ccn1. The fourth-order valence-electron chi connectivity index (χ4n) is 3.53. The molecule has 0 atom stereocenters. The predicted octanol–water partition coefficient (Wildman–Crippen LogP) is 4.54. The van der Waals surface area contributed by atoms with Crippen LogP contribution in [0.4, 0.5) is 21.0 Å². The number of pyridine rings is 1. The number of hydrogen-bond acceptors (Lipinski definition) is 8. The molecule has 1 aromatic heterocycles. The Balaban J connectivity index is 1.30. The zero-order valence-corrected chi connectivity index (χ0v) is 20.3. The molecular formula is C25H24ClN5O6. The quantitative estimate of drug-likeness (QED) is 0.259. The van der Waals surface area contributed by atoms with Crippen molar-refractivity contribution in [1.29, 1.82) is 0 Å². The second-order valence-corrected chi connectivity index (χ2v) is 8.41. The van der Waals surface area contributed by atoms with Crippen molar-refractivity contribution in [3.05, 3.63) is 71.5 Å². The van der Waals surface area contributed by atoms with E-state index in [4.69, 9.17) is 26.8 Å². The molecule has 3 amide bonds. The van der Waals surface area contributed by atoms with E-state index in [0.29, 0.717) is 27.9 Å². The van der Waals surface area contributed by atoms with Gasteiger partial charge in [-0.1, -0.05) is 11.6 Å². The first-order chi connectivity index (χ1) is 17.9. The summed E-state index contributed by atoms with van der Waals surface area (Å²) in [5.41, 5.74) is 5.73. The molecule has 11 nitrogen and oxygen atoms in total. The van der Waals surface area contributed by atoms with Crippen molar-refractivity contribution < 1.29 is 28.6 Å². The van der Waals surface area contributed by atoms with Gasteiger partial charge in [-0.05, 0) is 74.5 Å². The molecular weight excluding hydrogens is 502 g/mol. The molecule has 0 unspecified atom stereocenters. The van der Waals surface area contributed by atoms with Crippen molar-refractivity contribution in [2.45, 2.75) is 18.9 Å². The average Bonchev–Trinajstić information content (AvgIpc) is 2.87. The number of nitrogens with one attached hydrogen (secondary N) is 3. The number of ether oxygens (including phenoxy) is 3. The number of rotatable bonds is 7. The molecule has 0 radical (unpaired) electrons. The number of anilines is 2. The summed E-state index contributed by atoms with van der Waals surface area (Å²) < 4.78 is 16.0. The summed E-state index contributed by atoms with van der Waals surface area (Å²) in [4.78, 5) is 38.7. The number of urea groups is 1. The Morgan fingerprint density at radius 3 is 2.35 bits per heavy atom. The van der Waals surface area contributed by atoms with Gasteiger partial charge in [-0.2, -0.15) is 0 Å². The van der Waals surface area contributed by atoms with Crippen LogP contribution in [-0.4, -0.2) is 42.3 Å². The van der Waals surface area contributed by atoms with E-state index in [1.165, 1.54) is 18.3 Å². The fourth-order valence-corrected chi connectivity index (χ4v) is 3.76. The number of carbonyl (C=O) groups excluding carboxylic acids is 3. The molecule has 192 valence electrons.